The van der Waals surface area contributed by atoms with Gasteiger partial charge in [-0.15, -0.1) is 10.2 Å². The number of aromatic nitrogens is 3. The number of carbonyl (C=O) groups is 2. The molecule has 14 heavy (non-hydrogen) atoms. The zero-order valence-electron chi connectivity index (χ0n) is 7.14. The number of hydrogen-bond acceptors (Lipinski definition) is 6. The normalized spacial score (nSPS) is 9.21. The van der Waals surface area contributed by atoms with Crippen molar-refractivity contribution in [1.82, 2.24) is 20.5 Å². The van der Waals surface area contributed by atoms with E-state index in [1.54, 1.807) is 0 Å². The Labute approximate surface area is 78.4 Å². The molecule has 0 saturated heterocycles. The molecule has 2 N–H and O–H groups in total. The Morgan fingerprint density at radius 3 is 2.79 bits per heavy atom. The van der Waals surface area contributed by atoms with Gasteiger partial charge >= 0.3 is 6.03 Å². The first kappa shape index (κ1) is 9.84. The summed E-state index contributed by atoms with van der Waals surface area (Å²) < 4.78 is 0. The summed E-state index contributed by atoms with van der Waals surface area (Å²) in [4.78, 5) is 24.7. The van der Waals surface area contributed by atoms with Crippen molar-refractivity contribution in [3.8, 4) is 0 Å². The number of anilines is 1. The number of carbonyl (C=O) groups excluding carboxylic acids is 2. The monoisotopic (exact) mass is 196 g/mol. The Bertz CT molecular complexity index is 366. The van der Waals surface area contributed by atoms with E-state index in [2.05, 4.69) is 25.8 Å². The summed E-state index contributed by atoms with van der Waals surface area (Å²) in [5.74, 6) is -1.79. The Hall–Kier alpha value is -2.25. The molecule has 0 fully saturated rings. The molecule has 0 aliphatic carbocycles. The van der Waals surface area contributed by atoms with Gasteiger partial charge in [0.25, 0.3) is 0 Å². The van der Waals surface area contributed by atoms with Crippen LogP contribution in [-0.4, -0.2) is 34.2 Å². The SMILES string of the molecule is CNC(=O)Nc1nncnc1C(=O)[O-]. The zero-order chi connectivity index (χ0) is 10.6. The van der Waals surface area contributed by atoms with Gasteiger partial charge in [-0.3, -0.25) is 5.32 Å². The number of carboxylic acid groups (broad SMARTS) is 1. The largest absolute Gasteiger partial charge is 0.543 e. The van der Waals surface area contributed by atoms with E-state index in [-0.39, 0.29) is 5.82 Å². The maximum atomic E-state index is 10.8. The molecule has 0 aromatic carbocycles. The maximum Gasteiger partial charge on any atom is 0.320 e. The molecule has 2 amide bonds. The number of urea groups is 1. The van der Waals surface area contributed by atoms with Crippen LogP contribution in [0, 0.1) is 0 Å². The summed E-state index contributed by atoms with van der Waals surface area (Å²) in [6.45, 7) is 0. The van der Waals surface area contributed by atoms with Crippen molar-refractivity contribution in [2.75, 3.05) is 12.4 Å². The fraction of sp³-hybridized carbons (Fsp3) is 0.167. The van der Waals surface area contributed by atoms with Gasteiger partial charge in [-0.2, -0.15) is 0 Å². The van der Waals surface area contributed by atoms with Crippen molar-refractivity contribution < 1.29 is 14.7 Å². The smallest absolute Gasteiger partial charge is 0.320 e. The van der Waals surface area contributed by atoms with Gasteiger partial charge in [0, 0.05) is 7.05 Å². The van der Waals surface area contributed by atoms with Crippen LogP contribution in [0.3, 0.4) is 0 Å². The second kappa shape index (κ2) is 4.12. The van der Waals surface area contributed by atoms with E-state index in [1.165, 1.54) is 7.05 Å². The topological polar surface area (TPSA) is 120 Å². The summed E-state index contributed by atoms with van der Waals surface area (Å²) >= 11 is 0. The number of hydrogen-bond donors (Lipinski definition) is 2. The third-order valence-electron chi connectivity index (χ3n) is 1.27. The van der Waals surface area contributed by atoms with Crippen LogP contribution in [0.15, 0.2) is 6.33 Å². The fourth-order valence-corrected chi connectivity index (χ4v) is 0.679. The van der Waals surface area contributed by atoms with E-state index in [4.69, 9.17) is 0 Å². The number of carboxylic acids is 1. The number of amides is 2. The zero-order valence-corrected chi connectivity index (χ0v) is 7.14. The molecule has 1 aromatic heterocycles. The van der Waals surface area contributed by atoms with Crippen LogP contribution < -0.4 is 15.7 Å². The molecule has 8 nitrogen and oxygen atoms in total. The highest BCUT2D eigenvalue weighted by molar-refractivity contribution is 5.95. The van der Waals surface area contributed by atoms with E-state index in [1.807, 2.05) is 0 Å². The van der Waals surface area contributed by atoms with Gasteiger partial charge in [0.05, 0.1) is 5.97 Å². The third-order valence-corrected chi connectivity index (χ3v) is 1.27. The number of rotatable bonds is 2. The average Bonchev–Trinajstić information content (AvgIpc) is 2.18. The molecule has 0 aliphatic rings. The third kappa shape index (κ3) is 2.12. The Kier molecular flexibility index (Phi) is 2.89. The van der Waals surface area contributed by atoms with Gasteiger partial charge in [-0.1, -0.05) is 0 Å². The molecule has 0 unspecified atom stereocenters. The molecule has 1 rings (SSSR count). The predicted octanol–water partition coefficient (Wildman–Crippen LogP) is -2.01. The first-order chi connectivity index (χ1) is 6.65. The van der Waals surface area contributed by atoms with Crippen LogP contribution in [0.2, 0.25) is 0 Å². The summed E-state index contributed by atoms with van der Waals surface area (Å²) in [5.41, 5.74) is -0.469. The quantitative estimate of drug-likeness (QED) is 0.563. The van der Waals surface area contributed by atoms with Crippen LogP contribution >= 0.6 is 0 Å². The van der Waals surface area contributed by atoms with Gasteiger partial charge < -0.3 is 15.2 Å². The van der Waals surface area contributed by atoms with E-state index >= 15 is 0 Å². The lowest BCUT2D eigenvalue weighted by Gasteiger charge is -2.07. The van der Waals surface area contributed by atoms with Crippen LogP contribution in [0.1, 0.15) is 10.5 Å². The van der Waals surface area contributed by atoms with Crippen LogP contribution in [0.25, 0.3) is 0 Å². The molecular formula is C6H6N5O3-. The number of aromatic carboxylic acids is 1. The molecule has 0 spiro atoms. The van der Waals surface area contributed by atoms with Crippen LogP contribution in [0.4, 0.5) is 10.6 Å². The number of nitrogens with zero attached hydrogens (tertiary/aromatic N) is 3. The molecule has 0 bridgehead atoms. The van der Waals surface area contributed by atoms with Gasteiger partial charge in [0.2, 0.25) is 0 Å². The van der Waals surface area contributed by atoms with Crippen LogP contribution in [-0.2, 0) is 0 Å². The minimum atomic E-state index is -1.54. The number of nitrogens with one attached hydrogen (secondary N) is 2. The highest BCUT2D eigenvalue weighted by Gasteiger charge is 2.08. The van der Waals surface area contributed by atoms with Crippen molar-refractivity contribution in [2.24, 2.45) is 0 Å². The molecule has 0 aliphatic heterocycles. The summed E-state index contributed by atoms with van der Waals surface area (Å²) in [5, 5.41) is 21.5. The van der Waals surface area contributed by atoms with Crippen molar-refractivity contribution >= 4 is 17.8 Å². The van der Waals surface area contributed by atoms with Crippen molar-refractivity contribution in [3.63, 3.8) is 0 Å². The fourth-order valence-electron chi connectivity index (χ4n) is 0.679. The van der Waals surface area contributed by atoms with E-state index in [0.717, 1.165) is 6.33 Å². The second-order valence-corrected chi connectivity index (χ2v) is 2.15. The summed E-state index contributed by atoms with van der Waals surface area (Å²) in [7, 11) is 1.37. The van der Waals surface area contributed by atoms with E-state index < -0.39 is 17.7 Å². The van der Waals surface area contributed by atoms with Gasteiger partial charge in [0.15, 0.2) is 5.82 Å². The average molecular weight is 196 g/mol. The highest BCUT2D eigenvalue weighted by Crippen LogP contribution is 2.04. The van der Waals surface area contributed by atoms with E-state index in [0.29, 0.717) is 0 Å². The second-order valence-electron chi connectivity index (χ2n) is 2.15. The van der Waals surface area contributed by atoms with Gasteiger partial charge in [0.1, 0.15) is 12.0 Å². The molecule has 0 saturated carbocycles. The lowest BCUT2D eigenvalue weighted by molar-refractivity contribution is -0.255. The van der Waals surface area contributed by atoms with Crippen molar-refractivity contribution in [3.05, 3.63) is 12.0 Å². The highest BCUT2D eigenvalue weighted by atomic mass is 16.4. The Morgan fingerprint density at radius 2 is 2.21 bits per heavy atom. The van der Waals surface area contributed by atoms with E-state index in [9.17, 15) is 14.7 Å². The summed E-state index contributed by atoms with van der Waals surface area (Å²) in [6.07, 6.45) is 0.945. The van der Waals surface area contributed by atoms with Gasteiger partial charge in [-0.25, -0.2) is 9.78 Å². The Balaban J connectivity index is 2.95. The lowest BCUT2D eigenvalue weighted by atomic mass is 10.4. The molecular weight excluding hydrogens is 190 g/mol. The first-order valence-corrected chi connectivity index (χ1v) is 3.53. The molecule has 1 heterocycles. The molecule has 74 valence electrons. The molecule has 8 heteroatoms. The summed E-state index contributed by atoms with van der Waals surface area (Å²) in [6, 6.07) is -0.616. The predicted molar refractivity (Wildman–Crippen MR) is 42.2 cm³/mol. The van der Waals surface area contributed by atoms with Crippen LogP contribution in [0.5, 0.6) is 0 Å². The minimum Gasteiger partial charge on any atom is -0.543 e. The Morgan fingerprint density at radius 1 is 1.50 bits per heavy atom. The first-order valence-electron chi connectivity index (χ1n) is 3.53. The minimum absolute atomic E-state index is 0.258. The van der Waals surface area contributed by atoms with Gasteiger partial charge in [-0.05, 0) is 0 Å². The molecule has 0 atom stereocenters. The van der Waals surface area contributed by atoms with Crippen molar-refractivity contribution in [2.45, 2.75) is 0 Å². The molecule has 1 aromatic rings. The standard InChI is InChI=1S/C6H7N5O3/c1-7-6(14)10-4-3(5(12)13)8-2-9-11-4/h2H,1H3,(H,12,13)(H2,7,10,11,14)/p-1. The van der Waals surface area contributed by atoms with Crippen molar-refractivity contribution in [1.29, 1.82) is 0 Å². The maximum absolute atomic E-state index is 10.8. The molecule has 0 radical (unpaired) electrons. The lowest BCUT2D eigenvalue weighted by Crippen LogP contribution is -2.30.